The minimum Gasteiger partial charge on any atom is -0.319 e. The van der Waals surface area contributed by atoms with Crippen LogP contribution in [0.5, 0.6) is 0 Å². The monoisotopic (exact) mass is 135 g/mol. The number of nitrogens with one attached hydrogen (secondary N) is 1. The van der Waals surface area contributed by atoms with E-state index >= 15 is 0 Å². The first-order valence-corrected chi connectivity index (χ1v) is 3.36. The van der Waals surface area contributed by atoms with Crippen LogP contribution in [0.4, 0.5) is 0 Å². The molecule has 0 saturated carbocycles. The molecule has 1 heteroatoms. The van der Waals surface area contributed by atoms with Crippen LogP contribution in [0.2, 0.25) is 0 Å². The molecule has 0 unspecified atom stereocenters. The van der Waals surface area contributed by atoms with Gasteiger partial charge in [0.05, 0.1) is 0 Å². The summed E-state index contributed by atoms with van der Waals surface area (Å²) in [4.78, 5) is 0. The van der Waals surface area contributed by atoms with Gasteiger partial charge in [0.1, 0.15) is 0 Å². The highest BCUT2D eigenvalue weighted by Crippen LogP contribution is 2.04. The van der Waals surface area contributed by atoms with Crippen molar-refractivity contribution in [2.45, 2.75) is 12.8 Å². The van der Waals surface area contributed by atoms with E-state index in [0.717, 1.165) is 19.4 Å². The Balaban J connectivity index is 3.54. The molecule has 0 amide bonds. The van der Waals surface area contributed by atoms with E-state index in [2.05, 4.69) is 17.2 Å². The molecule has 0 bridgehead atoms. The maximum atomic E-state index is 5.14. The smallest absolute Gasteiger partial charge is 0.0136 e. The van der Waals surface area contributed by atoms with E-state index in [0.29, 0.717) is 5.92 Å². The molecule has 0 saturated heterocycles. The molecule has 0 aromatic carbocycles. The molecule has 10 heavy (non-hydrogen) atoms. The summed E-state index contributed by atoms with van der Waals surface area (Å²) in [5, 5.41) is 3.05. The van der Waals surface area contributed by atoms with Crippen LogP contribution in [-0.4, -0.2) is 13.6 Å². The first kappa shape index (κ1) is 9.08. The van der Waals surface area contributed by atoms with E-state index in [-0.39, 0.29) is 0 Å². The Morgan fingerprint density at radius 3 is 2.10 bits per heavy atom. The molecule has 0 fully saturated rings. The third kappa shape index (κ3) is 4.01. The number of hydrogen-bond acceptors (Lipinski definition) is 1. The summed E-state index contributed by atoms with van der Waals surface area (Å²) in [6.45, 7) is 0.911. The predicted octanol–water partition coefficient (Wildman–Crippen LogP) is 0.869. The highest BCUT2D eigenvalue weighted by atomic mass is 14.8. The molecule has 0 radical (unpaired) electrons. The third-order valence-electron chi connectivity index (χ3n) is 1.31. The van der Waals surface area contributed by atoms with Crippen LogP contribution in [0.15, 0.2) is 0 Å². The molecular weight excluding hydrogens is 122 g/mol. The minimum atomic E-state index is 0.444. The minimum absolute atomic E-state index is 0.444. The zero-order valence-corrected chi connectivity index (χ0v) is 6.35. The Labute approximate surface area is 63.2 Å². The van der Waals surface area contributed by atoms with Gasteiger partial charge in [-0.2, -0.15) is 0 Å². The number of rotatable bonds is 4. The van der Waals surface area contributed by atoms with Crippen molar-refractivity contribution < 1.29 is 0 Å². The summed E-state index contributed by atoms with van der Waals surface area (Å²) in [6.07, 6.45) is 11.8. The van der Waals surface area contributed by atoms with Gasteiger partial charge in [0, 0.05) is 12.8 Å². The average molecular weight is 135 g/mol. The molecule has 1 N–H and O–H groups in total. The van der Waals surface area contributed by atoms with E-state index in [4.69, 9.17) is 12.8 Å². The summed E-state index contributed by atoms with van der Waals surface area (Å²) < 4.78 is 0. The van der Waals surface area contributed by atoms with Gasteiger partial charge in [-0.3, -0.25) is 0 Å². The Morgan fingerprint density at radius 1 is 1.30 bits per heavy atom. The summed E-state index contributed by atoms with van der Waals surface area (Å²) in [5.41, 5.74) is 0. The molecule has 0 atom stereocenters. The van der Waals surface area contributed by atoms with Gasteiger partial charge >= 0.3 is 0 Å². The maximum absolute atomic E-state index is 5.14. The van der Waals surface area contributed by atoms with Crippen molar-refractivity contribution >= 4 is 0 Å². The highest BCUT2D eigenvalue weighted by Gasteiger charge is 2.02. The van der Waals surface area contributed by atoms with Crippen LogP contribution in [-0.2, 0) is 0 Å². The second-order valence-electron chi connectivity index (χ2n) is 2.24. The van der Waals surface area contributed by atoms with Crippen molar-refractivity contribution in [1.82, 2.24) is 5.32 Å². The van der Waals surface area contributed by atoms with Crippen LogP contribution in [0.25, 0.3) is 0 Å². The Bertz CT molecular complexity index is 131. The first-order valence-electron chi connectivity index (χ1n) is 3.36. The molecular formula is C9H13N. The van der Waals surface area contributed by atoms with Crippen LogP contribution in [0, 0.1) is 30.6 Å². The molecule has 0 aliphatic rings. The molecule has 0 aliphatic heterocycles. The van der Waals surface area contributed by atoms with Crippen molar-refractivity contribution in [3.05, 3.63) is 0 Å². The van der Waals surface area contributed by atoms with Crippen LogP contribution in [0.1, 0.15) is 12.8 Å². The standard InChI is InChI=1S/C9H13N/c1-4-6-9(7-5-2)8-10-3/h1-2,9-10H,6-8H2,3H3. The second-order valence-corrected chi connectivity index (χ2v) is 2.24. The van der Waals surface area contributed by atoms with E-state index in [1.807, 2.05) is 7.05 Å². The van der Waals surface area contributed by atoms with E-state index in [1.54, 1.807) is 0 Å². The lowest BCUT2D eigenvalue weighted by Gasteiger charge is -2.08. The van der Waals surface area contributed by atoms with Crippen LogP contribution in [0.3, 0.4) is 0 Å². The Kier molecular flexibility index (Phi) is 5.63. The topological polar surface area (TPSA) is 12.0 Å². The molecule has 0 heterocycles. The van der Waals surface area contributed by atoms with E-state index in [1.165, 1.54) is 0 Å². The first-order chi connectivity index (χ1) is 4.85. The number of hydrogen-bond donors (Lipinski definition) is 1. The molecule has 0 aromatic heterocycles. The molecule has 1 nitrogen and oxygen atoms in total. The van der Waals surface area contributed by atoms with E-state index < -0.39 is 0 Å². The van der Waals surface area contributed by atoms with Gasteiger partial charge in [-0.05, 0) is 19.5 Å². The van der Waals surface area contributed by atoms with Gasteiger partial charge in [-0.15, -0.1) is 24.7 Å². The molecule has 0 aliphatic carbocycles. The van der Waals surface area contributed by atoms with Crippen molar-refractivity contribution in [3.8, 4) is 24.7 Å². The molecule has 54 valence electrons. The van der Waals surface area contributed by atoms with Gasteiger partial charge < -0.3 is 5.32 Å². The SMILES string of the molecule is C#CCC(CC#C)CNC. The van der Waals surface area contributed by atoms with Gasteiger partial charge in [0.15, 0.2) is 0 Å². The van der Waals surface area contributed by atoms with Crippen molar-refractivity contribution in [2.24, 2.45) is 5.92 Å². The van der Waals surface area contributed by atoms with Gasteiger partial charge in [0.2, 0.25) is 0 Å². The summed E-state index contributed by atoms with van der Waals surface area (Å²) in [5.74, 6) is 5.65. The lowest BCUT2D eigenvalue weighted by atomic mass is 10.0. The van der Waals surface area contributed by atoms with Gasteiger partial charge in [0.25, 0.3) is 0 Å². The second kappa shape index (κ2) is 6.20. The van der Waals surface area contributed by atoms with Crippen molar-refractivity contribution in [3.63, 3.8) is 0 Å². The normalized spacial score (nSPS) is 8.80. The van der Waals surface area contributed by atoms with Gasteiger partial charge in [-0.1, -0.05) is 0 Å². The quantitative estimate of drug-likeness (QED) is 0.564. The van der Waals surface area contributed by atoms with Gasteiger partial charge in [-0.25, -0.2) is 0 Å². The largest absolute Gasteiger partial charge is 0.319 e. The van der Waals surface area contributed by atoms with Crippen molar-refractivity contribution in [2.75, 3.05) is 13.6 Å². The fourth-order valence-electron chi connectivity index (χ4n) is 0.839. The van der Waals surface area contributed by atoms with Crippen molar-refractivity contribution in [1.29, 1.82) is 0 Å². The highest BCUT2D eigenvalue weighted by molar-refractivity contribution is 4.93. The average Bonchev–Trinajstić information content (AvgIpc) is 1.90. The van der Waals surface area contributed by atoms with Crippen LogP contribution < -0.4 is 5.32 Å². The fraction of sp³-hybridized carbons (Fsp3) is 0.556. The predicted molar refractivity (Wildman–Crippen MR) is 44.3 cm³/mol. The number of terminal acetylenes is 2. The Hall–Kier alpha value is -0.920. The molecule has 0 rings (SSSR count). The van der Waals surface area contributed by atoms with Crippen LogP contribution >= 0.6 is 0 Å². The summed E-state index contributed by atoms with van der Waals surface area (Å²) in [6, 6.07) is 0. The Morgan fingerprint density at radius 2 is 1.80 bits per heavy atom. The molecule has 0 spiro atoms. The summed E-state index contributed by atoms with van der Waals surface area (Å²) >= 11 is 0. The molecule has 0 aromatic rings. The lowest BCUT2D eigenvalue weighted by molar-refractivity contribution is 0.524. The maximum Gasteiger partial charge on any atom is 0.0136 e. The fourth-order valence-corrected chi connectivity index (χ4v) is 0.839. The zero-order valence-electron chi connectivity index (χ0n) is 6.35. The lowest BCUT2D eigenvalue weighted by Crippen LogP contribution is -2.17. The van der Waals surface area contributed by atoms with E-state index in [9.17, 15) is 0 Å². The third-order valence-corrected chi connectivity index (χ3v) is 1.31. The zero-order chi connectivity index (χ0) is 7.82. The summed E-state index contributed by atoms with van der Waals surface area (Å²) in [7, 11) is 1.90.